The zero-order valence-electron chi connectivity index (χ0n) is 18.7. The molecule has 3 aliphatic rings. The summed E-state index contributed by atoms with van der Waals surface area (Å²) in [7, 11) is 0. The van der Waals surface area contributed by atoms with Crippen molar-refractivity contribution < 1.29 is 9.18 Å². The smallest absolute Gasteiger partial charge is 0.263 e. The highest BCUT2D eigenvalue weighted by molar-refractivity contribution is 7.21. The maximum atomic E-state index is 13.9. The summed E-state index contributed by atoms with van der Waals surface area (Å²) >= 11 is 1.23. The van der Waals surface area contributed by atoms with Crippen molar-refractivity contribution in [3.05, 3.63) is 51.8 Å². The Morgan fingerprint density at radius 3 is 2.79 bits per heavy atom. The number of nitrogens with zero attached hydrogens (tertiary/aromatic N) is 2. The summed E-state index contributed by atoms with van der Waals surface area (Å²) < 4.78 is 13.9. The van der Waals surface area contributed by atoms with Gasteiger partial charge in [-0.2, -0.15) is 0 Å². The van der Waals surface area contributed by atoms with E-state index in [1.165, 1.54) is 47.1 Å². The standard InChI is InChI=1S/C25H28FN5OS/c1-13-21(26)10-20-22(27)23(33-25(20)28-13)24(32)30-16-4-2-15-9-19(7-3-14(15)8-16)31-11-17-5-6-18(12-31)29-17/h3,7,9-10,16-18,29H,2,4-6,8,11-12,27H2,1H3,(H,30,32)/t16-,17?,18?/m1/s1. The summed E-state index contributed by atoms with van der Waals surface area (Å²) in [5.41, 5.74) is 10.8. The van der Waals surface area contributed by atoms with Gasteiger partial charge in [0.15, 0.2) is 0 Å². The molecule has 4 heterocycles. The van der Waals surface area contributed by atoms with Crippen LogP contribution < -0.4 is 21.3 Å². The van der Waals surface area contributed by atoms with Crippen molar-refractivity contribution in [2.75, 3.05) is 23.7 Å². The Hall–Kier alpha value is -2.71. The molecule has 3 aromatic rings. The topological polar surface area (TPSA) is 83.3 Å². The van der Waals surface area contributed by atoms with Crippen LogP contribution in [0, 0.1) is 12.7 Å². The van der Waals surface area contributed by atoms with Crippen LogP contribution in [0.1, 0.15) is 45.8 Å². The van der Waals surface area contributed by atoms with E-state index in [-0.39, 0.29) is 11.9 Å². The van der Waals surface area contributed by atoms with Gasteiger partial charge in [-0.3, -0.25) is 4.79 Å². The van der Waals surface area contributed by atoms with Crippen molar-refractivity contribution >= 4 is 38.8 Å². The molecule has 2 aliphatic heterocycles. The Balaban J connectivity index is 1.16. The Kier molecular flexibility index (Phi) is 5.03. The third kappa shape index (κ3) is 3.75. The maximum absolute atomic E-state index is 13.9. The molecular formula is C25H28FN5OS. The second kappa shape index (κ2) is 7.95. The van der Waals surface area contributed by atoms with Gasteiger partial charge in [-0.15, -0.1) is 11.3 Å². The van der Waals surface area contributed by atoms with Crippen LogP contribution in [0.4, 0.5) is 15.8 Å². The predicted octanol–water partition coefficient (Wildman–Crippen LogP) is 3.55. The molecule has 2 fully saturated rings. The molecule has 4 N–H and O–H groups in total. The van der Waals surface area contributed by atoms with Gasteiger partial charge in [0.05, 0.1) is 11.4 Å². The molecule has 0 spiro atoms. The number of carbonyl (C=O) groups excluding carboxylic acids is 1. The summed E-state index contributed by atoms with van der Waals surface area (Å²) in [5, 5.41) is 7.36. The number of hydrogen-bond acceptors (Lipinski definition) is 6. The highest BCUT2D eigenvalue weighted by Crippen LogP contribution is 2.34. The van der Waals surface area contributed by atoms with E-state index in [2.05, 4.69) is 38.7 Å². The number of nitrogen functional groups attached to an aromatic ring is 1. The number of piperazine rings is 1. The van der Waals surface area contributed by atoms with Crippen LogP contribution in [0.2, 0.25) is 0 Å². The number of thiophene rings is 1. The van der Waals surface area contributed by atoms with Crippen molar-refractivity contribution in [2.45, 2.75) is 57.2 Å². The molecule has 3 atom stereocenters. The SMILES string of the molecule is Cc1nc2sc(C(=O)N[C@@H]3CCc4cc(N5CC6CCC(C5)N6)ccc4C3)c(N)c2cc1F. The second-order valence-corrected chi connectivity index (χ2v) is 10.7. The van der Waals surface area contributed by atoms with Gasteiger partial charge in [-0.1, -0.05) is 6.07 Å². The van der Waals surface area contributed by atoms with Crippen molar-refractivity contribution in [2.24, 2.45) is 0 Å². The average Bonchev–Trinajstić information content (AvgIpc) is 3.31. The number of aryl methyl sites for hydroxylation is 2. The summed E-state index contributed by atoms with van der Waals surface area (Å²) in [4.78, 5) is 20.8. The lowest BCUT2D eigenvalue weighted by Gasteiger charge is -2.35. The summed E-state index contributed by atoms with van der Waals surface area (Å²) in [5.74, 6) is -0.606. The number of benzene rings is 1. The molecule has 8 heteroatoms. The van der Waals surface area contributed by atoms with E-state index < -0.39 is 5.82 Å². The second-order valence-electron chi connectivity index (χ2n) is 9.66. The molecule has 1 amide bonds. The van der Waals surface area contributed by atoms with Crippen molar-refractivity contribution in [3.8, 4) is 0 Å². The van der Waals surface area contributed by atoms with Crippen LogP contribution in [0.15, 0.2) is 24.3 Å². The van der Waals surface area contributed by atoms with E-state index in [1.54, 1.807) is 6.92 Å². The molecule has 0 radical (unpaired) electrons. The first-order valence-corrected chi connectivity index (χ1v) is 12.5. The normalized spacial score (nSPS) is 24.2. The third-order valence-corrected chi connectivity index (χ3v) is 8.51. The number of nitrogens with two attached hydrogens (primary N) is 1. The lowest BCUT2D eigenvalue weighted by atomic mass is 9.87. The first kappa shape index (κ1) is 20.9. The minimum Gasteiger partial charge on any atom is -0.397 e. The van der Waals surface area contributed by atoms with E-state index in [4.69, 9.17) is 5.73 Å². The van der Waals surface area contributed by atoms with E-state index in [0.717, 1.165) is 32.4 Å². The van der Waals surface area contributed by atoms with Gasteiger partial charge in [0.1, 0.15) is 15.5 Å². The van der Waals surface area contributed by atoms with Gasteiger partial charge in [-0.05, 0) is 68.4 Å². The van der Waals surface area contributed by atoms with E-state index in [0.29, 0.717) is 38.6 Å². The molecule has 2 saturated heterocycles. The zero-order chi connectivity index (χ0) is 22.7. The number of hydrogen-bond donors (Lipinski definition) is 3. The number of rotatable bonds is 3. The lowest BCUT2D eigenvalue weighted by molar-refractivity contribution is 0.0938. The highest BCUT2D eigenvalue weighted by atomic mass is 32.1. The first-order chi connectivity index (χ1) is 15.9. The lowest BCUT2D eigenvalue weighted by Crippen LogP contribution is -2.51. The van der Waals surface area contributed by atoms with Gasteiger partial charge in [0.2, 0.25) is 0 Å². The predicted molar refractivity (Wildman–Crippen MR) is 131 cm³/mol. The molecule has 1 aromatic carbocycles. The molecule has 1 aliphatic carbocycles. The molecule has 2 unspecified atom stereocenters. The van der Waals surface area contributed by atoms with Crippen molar-refractivity contribution in [1.29, 1.82) is 0 Å². The molecular weight excluding hydrogens is 437 g/mol. The van der Waals surface area contributed by atoms with Crippen molar-refractivity contribution in [3.63, 3.8) is 0 Å². The number of nitrogens with one attached hydrogen (secondary N) is 2. The largest absolute Gasteiger partial charge is 0.397 e. The van der Waals surface area contributed by atoms with E-state index in [1.807, 2.05) is 0 Å². The maximum Gasteiger partial charge on any atom is 0.263 e. The number of amides is 1. The van der Waals surface area contributed by atoms with E-state index in [9.17, 15) is 9.18 Å². The fourth-order valence-corrected chi connectivity index (χ4v) is 6.62. The fraction of sp³-hybridized carbons (Fsp3) is 0.440. The van der Waals surface area contributed by atoms with Crippen LogP contribution in [0.3, 0.4) is 0 Å². The van der Waals surface area contributed by atoms with Gasteiger partial charge in [-0.25, -0.2) is 9.37 Å². The summed E-state index contributed by atoms with van der Waals surface area (Å²) in [6.07, 6.45) is 5.21. The number of halogens is 1. The van der Waals surface area contributed by atoms with Gasteiger partial charge >= 0.3 is 0 Å². The van der Waals surface area contributed by atoms with Gasteiger partial charge in [0.25, 0.3) is 5.91 Å². The van der Waals surface area contributed by atoms with Gasteiger partial charge in [0, 0.05) is 42.3 Å². The Labute approximate surface area is 196 Å². The van der Waals surface area contributed by atoms with Crippen LogP contribution in [-0.4, -0.2) is 42.1 Å². The molecule has 33 heavy (non-hydrogen) atoms. The Morgan fingerprint density at radius 1 is 1.21 bits per heavy atom. The third-order valence-electron chi connectivity index (χ3n) is 7.39. The zero-order valence-corrected chi connectivity index (χ0v) is 19.5. The first-order valence-electron chi connectivity index (χ1n) is 11.7. The van der Waals surface area contributed by atoms with Crippen LogP contribution in [-0.2, 0) is 12.8 Å². The van der Waals surface area contributed by atoms with Gasteiger partial charge < -0.3 is 21.3 Å². The van der Waals surface area contributed by atoms with Crippen LogP contribution in [0.25, 0.3) is 10.2 Å². The number of pyridine rings is 1. The minimum atomic E-state index is -0.407. The number of aromatic nitrogens is 1. The Bertz CT molecular complexity index is 1250. The summed E-state index contributed by atoms with van der Waals surface area (Å²) in [6, 6.07) is 9.49. The number of anilines is 2. The molecule has 2 bridgehead atoms. The van der Waals surface area contributed by atoms with E-state index >= 15 is 0 Å². The van der Waals surface area contributed by atoms with Crippen LogP contribution >= 0.6 is 11.3 Å². The minimum absolute atomic E-state index is 0.0573. The highest BCUT2D eigenvalue weighted by Gasteiger charge is 2.32. The summed E-state index contributed by atoms with van der Waals surface area (Å²) in [6.45, 7) is 3.79. The molecule has 0 saturated carbocycles. The average molecular weight is 466 g/mol. The molecule has 172 valence electrons. The number of fused-ring (bicyclic) bond motifs is 4. The van der Waals surface area contributed by atoms with Crippen molar-refractivity contribution in [1.82, 2.24) is 15.6 Å². The Morgan fingerprint density at radius 2 is 2.00 bits per heavy atom. The number of carbonyl (C=O) groups is 1. The molecule has 6 nitrogen and oxygen atoms in total. The molecule has 2 aromatic heterocycles. The fourth-order valence-electron chi connectivity index (χ4n) is 5.59. The quantitative estimate of drug-likeness (QED) is 0.551. The van der Waals surface area contributed by atoms with Crippen LogP contribution in [0.5, 0.6) is 0 Å². The monoisotopic (exact) mass is 465 g/mol. The molecule has 6 rings (SSSR count).